The van der Waals surface area contributed by atoms with Gasteiger partial charge in [-0.25, -0.2) is 4.79 Å². The number of carboxylic acids is 1. The predicted molar refractivity (Wildman–Crippen MR) is 50.3 cm³/mol. The Morgan fingerprint density at radius 1 is 1.38 bits per heavy atom. The summed E-state index contributed by atoms with van der Waals surface area (Å²) < 4.78 is 0. The summed E-state index contributed by atoms with van der Waals surface area (Å²) in [6.45, 7) is 0. The molecule has 3 nitrogen and oxygen atoms in total. The number of aromatic carboxylic acids is 1. The fraction of sp³-hybridized carbons (Fsp3) is 0. The molecular weight excluding hydrogens is 190 g/mol. The van der Waals surface area contributed by atoms with E-state index in [-0.39, 0.29) is 5.56 Å². The first kappa shape index (κ1) is 8.13. The third-order valence-corrected chi connectivity index (χ3v) is 2.22. The van der Waals surface area contributed by atoms with E-state index in [4.69, 9.17) is 16.7 Å². The van der Waals surface area contributed by atoms with E-state index in [9.17, 15) is 4.79 Å². The molecule has 2 N–H and O–H groups in total. The Bertz CT molecular complexity index is 475. The van der Waals surface area contributed by atoms with Crippen LogP contribution in [-0.2, 0) is 0 Å². The van der Waals surface area contributed by atoms with Gasteiger partial charge in [0.2, 0.25) is 0 Å². The number of nitrogens with one attached hydrogen (secondary N) is 1. The van der Waals surface area contributed by atoms with Gasteiger partial charge in [-0.15, -0.1) is 0 Å². The molecule has 66 valence electrons. The summed E-state index contributed by atoms with van der Waals surface area (Å²) in [6, 6.07) is 4.77. The van der Waals surface area contributed by atoms with Gasteiger partial charge in [0, 0.05) is 11.6 Å². The molecule has 1 heterocycles. The molecule has 0 aliphatic rings. The van der Waals surface area contributed by atoms with E-state index in [1.54, 1.807) is 18.3 Å². The number of H-pyrrole nitrogens is 1. The van der Waals surface area contributed by atoms with E-state index in [1.165, 1.54) is 6.07 Å². The molecule has 4 heteroatoms. The third-order valence-electron chi connectivity index (χ3n) is 1.90. The molecule has 0 radical (unpaired) electrons. The molecule has 0 aliphatic heterocycles. The zero-order valence-electron chi connectivity index (χ0n) is 6.54. The predicted octanol–water partition coefficient (Wildman–Crippen LogP) is 2.52. The van der Waals surface area contributed by atoms with Gasteiger partial charge in [-0.05, 0) is 18.2 Å². The van der Waals surface area contributed by atoms with Gasteiger partial charge in [0.05, 0.1) is 16.1 Å². The molecule has 13 heavy (non-hydrogen) atoms. The molecule has 0 fully saturated rings. The Balaban J connectivity index is 2.86. The lowest BCUT2D eigenvalue weighted by atomic mass is 10.1. The summed E-state index contributed by atoms with van der Waals surface area (Å²) in [5.41, 5.74) is 0.933. The minimum Gasteiger partial charge on any atom is -0.478 e. The number of aromatic amines is 1. The molecule has 2 rings (SSSR count). The highest BCUT2D eigenvalue weighted by Gasteiger charge is 2.10. The van der Waals surface area contributed by atoms with Crippen LogP contribution in [0.1, 0.15) is 10.4 Å². The summed E-state index contributed by atoms with van der Waals surface area (Å²) in [7, 11) is 0. The lowest BCUT2D eigenvalue weighted by molar-refractivity contribution is 0.0699. The third kappa shape index (κ3) is 1.17. The summed E-state index contributed by atoms with van der Waals surface area (Å²) in [5, 5.41) is 10.0. The van der Waals surface area contributed by atoms with Gasteiger partial charge in [0.15, 0.2) is 0 Å². The van der Waals surface area contributed by atoms with Gasteiger partial charge in [0.25, 0.3) is 0 Å². The van der Waals surface area contributed by atoms with Crippen molar-refractivity contribution in [1.29, 1.82) is 0 Å². The van der Waals surface area contributed by atoms with Crippen molar-refractivity contribution >= 4 is 28.5 Å². The number of rotatable bonds is 1. The summed E-state index contributed by atoms with van der Waals surface area (Å²) in [4.78, 5) is 13.7. The van der Waals surface area contributed by atoms with Crippen molar-refractivity contribution in [2.45, 2.75) is 0 Å². The molecule has 0 unspecified atom stereocenters. The first-order valence-electron chi connectivity index (χ1n) is 3.69. The second kappa shape index (κ2) is 2.78. The highest BCUT2D eigenvalue weighted by Crippen LogP contribution is 2.25. The minimum absolute atomic E-state index is 0.264. The van der Waals surface area contributed by atoms with Crippen LogP contribution in [0.15, 0.2) is 24.4 Å². The van der Waals surface area contributed by atoms with Crippen molar-refractivity contribution in [1.82, 2.24) is 4.98 Å². The maximum Gasteiger partial charge on any atom is 0.336 e. The largest absolute Gasteiger partial charge is 0.478 e. The average molecular weight is 196 g/mol. The highest BCUT2D eigenvalue weighted by atomic mass is 35.5. The fourth-order valence-electron chi connectivity index (χ4n) is 1.31. The molecule has 0 saturated heterocycles. The highest BCUT2D eigenvalue weighted by molar-refractivity contribution is 6.35. The van der Waals surface area contributed by atoms with Crippen molar-refractivity contribution in [3.05, 3.63) is 35.0 Å². The first-order valence-corrected chi connectivity index (χ1v) is 4.07. The SMILES string of the molecule is O=C(O)c1ccc(Cl)c2[nH]ccc12. The molecular formula is C9H6ClNO2. The molecule has 1 aromatic carbocycles. The van der Waals surface area contributed by atoms with Gasteiger partial charge >= 0.3 is 5.97 Å². The van der Waals surface area contributed by atoms with Crippen LogP contribution in [0.2, 0.25) is 5.02 Å². The molecule has 0 amide bonds. The zero-order chi connectivity index (χ0) is 9.42. The van der Waals surface area contributed by atoms with Crippen LogP contribution in [0.25, 0.3) is 10.9 Å². The van der Waals surface area contributed by atoms with Crippen LogP contribution < -0.4 is 0 Å². The normalized spacial score (nSPS) is 10.5. The van der Waals surface area contributed by atoms with E-state index < -0.39 is 5.97 Å². The van der Waals surface area contributed by atoms with Crippen LogP contribution in [0.5, 0.6) is 0 Å². The van der Waals surface area contributed by atoms with Crippen molar-refractivity contribution in [2.75, 3.05) is 0 Å². The topological polar surface area (TPSA) is 53.1 Å². The number of carboxylic acid groups (broad SMARTS) is 1. The second-order valence-electron chi connectivity index (χ2n) is 2.67. The fourth-order valence-corrected chi connectivity index (χ4v) is 1.53. The van der Waals surface area contributed by atoms with Crippen molar-refractivity contribution in [3.63, 3.8) is 0 Å². The number of halogens is 1. The maximum atomic E-state index is 10.8. The smallest absolute Gasteiger partial charge is 0.336 e. The average Bonchev–Trinajstić information content (AvgIpc) is 2.53. The Labute approximate surface area is 78.9 Å². The maximum absolute atomic E-state index is 10.8. The number of fused-ring (bicyclic) bond motifs is 1. The monoisotopic (exact) mass is 195 g/mol. The molecule has 0 spiro atoms. The van der Waals surface area contributed by atoms with Gasteiger partial charge in [0.1, 0.15) is 0 Å². The molecule has 0 atom stereocenters. The van der Waals surface area contributed by atoms with Gasteiger partial charge in [-0.2, -0.15) is 0 Å². The Kier molecular flexibility index (Phi) is 1.74. The lowest BCUT2D eigenvalue weighted by Crippen LogP contribution is -1.96. The number of hydrogen-bond donors (Lipinski definition) is 2. The van der Waals surface area contributed by atoms with Gasteiger partial charge < -0.3 is 10.1 Å². The Morgan fingerprint density at radius 2 is 2.15 bits per heavy atom. The van der Waals surface area contributed by atoms with Gasteiger partial charge in [-0.3, -0.25) is 0 Å². The van der Waals surface area contributed by atoms with Crippen molar-refractivity contribution in [3.8, 4) is 0 Å². The zero-order valence-corrected chi connectivity index (χ0v) is 7.30. The molecule has 0 aliphatic carbocycles. The van der Waals surface area contributed by atoms with Crippen molar-refractivity contribution < 1.29 is 9.90 Å². The number of benzene rings is 1. The van der Waals surface area contributed by atoms with E-state index in [0.717, 1.165) is 0 Å². The lowest BCUT2D eigenvalue weighted by Gasteiger charge is -1.98. The number of carbonyl (C=O) groups is 1. The van der Waals surface area contributed by atoms with E-state index >= 15 is 0 Å². The summed E-state index contributed by atoms with van der Waals surface area (Å²) >= 11 is 5.85. The second-order valence-corrected chi connectivity index (χ2v) is 3.07. The molecule has 1 aromatic heterocycles. The van der Waals surface area contributed by atoms with Crippen LogP contribution in [0, 0.1) is 0 Å². The summed E-state index contributed by atoms with van der Waals surface area (Å²) in [6.07, 6.45) is 1.67. The number of aromatic nitrogens is 1. The van der Waals surface area contributed by atoms with E-state index in [1.807, 2.05) is 0 Å². The van der Waals surface area contributed by atoms with Crippen LogP contribution in [0.4, 0.5) is 0 Å². The number of hydrogen-bond acceptors (Lipinski definition) is 1. The van der Waals surface area contributed by atoms with Crippen molar-refractivity contribution in [2.24, 2.45) is 0 Å². The van der Waals surface area contributed by atoms with Crippen LogP contribution >= 0.6 is 11.6 Å². The first-order chi connectivity index (χ1) is 6.20. The quantitative estimate of drug-likeness (QED) is 0.735. The van der Waals surface area contributed by atoms with Gasteiger partial charge in [-0.1, -0.05) is 11.6 Å². The van der Waals surface area contributed by atoms with Crippen LogP contribution in [0.3, 0.4) is 0 Å². The minimum atomic E-state index is -0.943. The molecule has 0 saturated carbocycles. The molecule has 2 aromatic rings. The summed E-state index contributed by atoms with van der Waals surface area (Å²) in [5.74, 6) is -0.943. The van der Waals surface area contributed by atoms with E-state index in [2.05, 4.69) is 4.98 Å². The molecule has 0 bridgehead atoms. The van der Waals surface area contributed by atoms with Crippen LogP contribution in [-0.4, -0.2) is 16.1 Å². The van der Waals surface area contributed by atoms with E-state index in [0.29, 0.717) is 15.9 Å². The Morgan fingerprint density at radius 3 is 2.85 bits per heavy atom. The standard InChI is InChI=1S/C9H6ClNO2/c10-7-2-1-6(9(12)13)5-3-4-11-8(5)7/h1-4,11H,(H,12,13). The Hall–Kier alpha value is -1.48.